The van der Waals surface area contributed by atoms with Crippen molar-refractivity contribution in [1.82, 2.24) is 5.32 Å². The topological polar surface area (TPSA) is 67.4 Å². The second kappa shape index (κ2) is 7.69. The van der Waals surface area contributed by atoms with Gasteiger partial charge >= 0.3 is 6.18 Å². The van der Waals surface area contributed by atoms with Gasteiger partial charge in [0.25, 0.3) is 0 Å². The maximum Gasteiger partial charge on any atom is 0.408 e. The highest BCUT2D eigenvalue weighted by Gasteiger charge is 2.45. The molecule has 0 aromatic heterocycles. The Labute approximate surface area is 153 Å². The Morgan fingerprint density at radius 2 is 1.63 bits per heavy atom. The van der Waals surface area contributed by atoms with Crippen LogP contribution in [-0.4, -0.2) is 24.0 Å². The van der Waals surface area contributed by atoms with E-state index >= 15 is 0 Å². The molecule has 142 valence electrons. The maximum absolute atomic E-state index is 12.7. The largest absolute Gasteiger partial charge is 0.457 e. The molecule has 2 N–H and O–H groups in total. The summed E-state index contributed by atoms with van der Waals surface area (Å²) in [5.74, 6) is -1.48. The minimum absolute atomic E-state index is 0.156. The van der Waals surface area contributed by atoms with Gasteiger partial charge in [-0.05, 0) is 49.2 Å². The number of anilines is 1. The quantitative estimate of drug-likeness (QED) is 0.794. The number of hydrogen-bond donors (Lipinski definition) is 2. The first-order valence-corrected chi connectivity index (χ1v) is 8.34. The Hall–Kier alpha value is -3.03. The normalized spacial score (nSPS) is 19.9. The van der Waals surface area contributed by atoms with E-state index in [0.29, 0.717) is 17.2 Å². The van der Waals surface area contributed by atoms with Crippen LogP contribution in [0.3, 0.4) is 0 Å². The number of alkyl halides is 3. The third kappa shape index (κ3) is 4.78. The van der Waals surface area contributed by atoms with Crippen molar-refractivity contribution in [2.45, 2.75) is 25.1 Å². The molecule has 2 amide bonds. The summed E-state index contributed by atoms with van der Waals surface area (Å²) in [5, 5.41) is 4.41. The van der Waals surface area contributed by atoms with Crippen molar-refractivity contribution in [3.05, 3.63) is 54.6 Å². The van der Waals surface area contributed by atoms with Crippen molar-refractivity contribution in [3.8, 4) is 11.5 Å². The van der Waals surface area contributed by atoms with Crippen LogP contribution in [0.2, 0.25) is 0 Å². The second-order valence-electron chi connectivity index (χ2n) is 6.16. The van der Waals surface area contributed by atoms with Crippen molar-refractivity contribution in [3.63, 3.8) is 0 Å². The van der Waals surface area contributed by atoms with Crippen molar-refractivity contribution in [2.75, 3.05) is 5.32 Å². The van der Waals surface area contributed by atoms with Crippen molar-refractivity contribution in [1.29, 1.82) is 0 Å². The Kier molecular flexibility index (Phi) is 5.34. The van der Waals surface area contributed by atoms with Gasteiger partial charge in [0.1, 0.15) is 23.5 Å². The molecule has 1 saturated heterocycles. The highest BCUT2D eigenvalue weighted by atomic mass is 19.4. The van der Waals surface area contributed by atoms with E-state index in [1.54, 1.807) is 36.4 Å². The summed E-state index contributed by atoms with van der Waals surface area (Å²) < 4.78 is 43.6. The smallest absolute Gasteiger partial charge is 0.408 e. The van der Waals surface area contributed by atoms with E-state index in [2.05, 4.69) is 5.32 Å². The monoisotopic (exact) mass is 378 g/mol. The molecule has 3 rings (SSSR count). The molecule has 0 bridgehead atoms. The number of nitrogens with one attached hydrogen (secondary N) is 2. The number of hydrogen-bond acceptors (Lipinski definition) is 3. The third-order valence-electron chi connectivity index (χ3n) is 4.19. The molecule has 0 spiro atoms. The summed E-state index contributed by atoms with van der Waals surface area (Å²) in [5.41, 5.74) is 0.422. The molecule has 1 heterocycles. The number of amides is 2. The Bertz CT molecular complexity index is 807. The van der Waals surface area contributed by atoms with Gasteiger partial charge in [0.05, 0.1) is 0 Å². The number of benzene rings is 2. The van der Waals surface area contributed by atoms with Gasteiger partial charge in [0.15, 0.2) is 0 Å². The fourth-order valence-electron chi connectivity index (χ4n) is 2.76. The Morgan fingerprint density at radius 3 is 2.22 bits per heavy atom. The second-order valence-corrected chi connectivity index (χ2v) is 6.16. The van der Waals surface area contributed by atoms with Gasteiger partial charge in [-0.2, -0.15) is 13.2 Å². The highest BCUT2D eigenvalue weighted by molar-refractivity contribution is 6.06. The number of halogens is 3. The van der Waals surface area contributed by atoms with E-state index in [1.165, 1.54) is 0 Å². The average Bonchev–Trinajstić information content (AvgIpc) is 2.63. The lowest BCUT2D eigenvalue weighted by molar-refractivity contribution is -0.170. The van der Waals surface area contributed by atoms with E-state index in [0.717, 1.165) is 0 Å². The Balaban J connectivity index is 1.57. The van der Waals surface area contributed by atoms with Gasteiger partial charge in [-0.25, -0.2) is 0 Å². The highest BCUT2D eigenvalue weighted by Crippen LogP contribution is 2.29. The summed E-state index contributed by atoms with van der Waals surface area (Å²) in [4.78, 5) is 24.1. The molecule has 2 aromatic carbocycles. The van der Waals surface area contributed by atoms with Crippen molar-refractivity contribution < 1.29 is 27.5 Å². The summed E-state index contributed by atoms with van der Waals surface area (Å²) in [6.07, 6.45) is -4.99. The molecule has 0 radical (unpaired) electrons. The molecule has 1 fully saturated rings. The maximum atomic E-state index is 12.7. The third-order valence-corrected chi connectivity index (χ3v) is 4.19. The van der Waals surface area contributed by atoms with Crippen molar-refractivity contribution in [2.24, 2.45) is 5.92 Å². The average molecular weight is 378 g/mol. The molecule has 27 heavy (non-hydrogen) atoms. The fraction of sp³-hybridized carbons (Fsp3) is 0.263. The molecule has 5 nitrogen and oxygen atoms in total. The lowest BCUT2D eigenvalue weighted by Crippen LogP contribution is -2.53. The zero-order valence-electron chi connectivity index (χ0n) is 14.1. The minimum Gasteiger partial charge on any atom is -0.457 e. The first-order valence-electron chi connectivity index (χ1n) is 8.34. The summed E-state index contributed by atoms with van der Waals surface area (Å²) in [6.45, 7) is 0. The van der Waals surface area contributed by atoms with Crippen LogP contribution < -0.4 is 15.4 Å². The van der Waals surface area contributed by atoms with Crippen LogP contribution >= 0.6 is 0 Å². The standard InChI is InChI=1S/C19H17F3N2O3/c20-19(21,22)16-11-10-15(18(26)24-16)17(25)23-12-6-8-14(9-7-12)27-13-4-2-1-3-5-13/h1-9,15-16H,10-11H2,(H,23,25)(H,24,26)/t15-,16-/m0/s1. The van der Waals surface area contributed by atoms with E-state index < -0.39 is 30.0 Å². The molecule has 2 atom stereocenters. The van der Waals surface area contributed by atoms with Crippen LogP contribution in [0, 0.1) is 5.92 Å². The zero-order valence-corrected chi connectivity index (χ0v) is 14.1. The molecule has 1 aliphatic heterocycles. The van der Waals surface area contributed by atoms with Gasteiger partial charge in [0.2, 0.25) is 11.8 Å². The lowest BCUT2D eigenvalue weighted by atomic mass is 9.92. The molecule has 2 aromatic rings. The van der Waals surface area contributed by atoms with E-state index in [4.69, 9.17) is 4.74 Å². The number of piperidine rings is 1. The summed E-state index contributed by atoms with van der Waals surface area (Å²) >= 11 is 0. The Morgan fingerprint density at radius 1 is 1.00 bits per heavy atom. The number of para-hydroxylation sites is 1. The summed E-state index contributed by atoms with van der Waals surface area (Å²) in [6, 6.07) is 13.7. The van der Waals surface area contributed by atoms with Gasteiger partial charge in [0, 0.05) is 5.69 Å². The molecule has 1 aliphatic rings. The van der Waals surface area contributed by atoms with E-state index in [-0.39, 0.29) is 12.8 Å². The van der Waals surface area contributed by atoms with Gasteiger partial charge < -0.3 is 15.4 Å². The fourth-order valence-corrected chi connectivity index (χ4v) is 2.76. The summed E-state index contributed by atoms with van der Waals surface area (Å²) in [7, 11) is 0. The molecule has 0 aliphatic carbocycles. The van der Waals surface area contributed by atoms with Crippen LogP contribution in [0.4, 0.5) is 18.9 Å². The van der Waals surface area contributed by atoms with Crippen LogP contribution in [0.15, 0.2) is 54.6 Å². The minimum atomic E-state index is -4.51. The van der Waals surface area contributed by atoms with Crippen LogP contribution in [0.5, 0.6) is 11.5 Å². The molecule has 8 heteroatoms. The predicted octanol–water partition coefficient (Wildman–Crippen LogP) is 3.87. The van der Waals surface area contributed by atoms with Crippen molar-refractivity contribution >= 4 is 17.5 Å². The number of carbonyl (C=O) groups excluding carboxylic acids is 2. The number of rotatable bonds is 4. The predicted molar refractivity (Wildman–Crippen MR) is 92.3 cm³/mol. The lowest BCUT2D eigenvalue weighted by Gasteiger charge is -2.29. The first kappa shape index (κ1) is 18.8. The SMILES string of the molecule is O=C(Nc1ccc(Oc2ccccc2)cc1)[C@@H]1CC[C@@H](C(F)(F)F)NC1=O. The van der Waals surface area contributed by atoms with Gasteiger partial charge in [-0.15, -0.1) is 0 Å². The zero-order chi connectivity index (χ0) is 19.4. The number of carbonyl (C=O) groups is 2. The first-order chi connectivity index (χ1) is 12.8. The van der Waals surface area contributed by atoms with Crippen LogP contribution in [-0.2, 0) is 9.59 Å². The van der Waals surface area contributed by atoms with Gasteiger partial charge in [-0.1, -0.05) is 18.2 Å². The molecule has 0 unspecified atom stereocenters. The molecular weight excluding hydrogens is 361 g/mol. The van der Waals surface area contributed by atoms with Crippen LogP contribution in [0.25, 0.3) is 0 Å². The van der Waals surface area contributed by atoms with E-state index in [1.807, 2.05) is 23.5 Å². The van der Waals surface area contributed by atoms with Gasteiger partial charge in [-0.3, -0.25) is 9.59 Å². The molecular formula is C19H17F3N2O3. The van der Waals surface area contributed by atoms with E-state index in [9.17, 15) is 22.8 Å². The number of ether oxygens (including phenoxy) is 1. The molecule has 0 saturated carbocycles. The van der Waals surface area contributed by atoms with Crippen LogP contribution in [0.1, 0.15) is 12.8 Å².